The van der Waals surface area contributed by atoms with Crippen molar-refractivity contribution in [2.75, 3.05) is 47.5 Å². The van der Waals surface area contributed by atoms with Crippen LogP contribution in [0.1, 0.15) is 204 Å². The molecule has 0 aliphatic heterocycles. The van der Waals surface area contributed by atoms with Gasteiger partial charge in [-0.25, -0.2) is 0 Å². The molecule has 0 radical (unpaired) electrons. The van der Waals surface area contributed by atoms with Gasteiger partial charge in [-0.2, -0.15) is 0 Å². The molecule has 0 aliphatic rings. The molecule has 0 heterocycles. The van der Waals surface area contributed by atoms with E-state index in [0.29, 0.717) is 0 Å². The minimum absolute atomic E-state index is 0.0123. The number of ether oxygens (including phenoxy) is 2. The summed E-state index contributed by atoms with van der Waals surface area (Å²) in [5.41, 5.74) is 0. The highest BCUT2D eigenvalue weighted by molar-refractivity contribution is 7.45. The first-order valence-corrected chi connectivity index (χ1v) is 12.6. The predicted molar refractivity (Wildman–Crippen MR) is 167 cm³/mol. The van der Waals surface area contributed by atoms with Crippen LogP contribution in [0.2, 0.25) is 0 Å². The van der Waals surface area contributed by atoms with Crippen LogP contribution < -0.4 is 4.89 Å². The third-order valence-corrected chi connectivity index (χ3v) is 4.40. The molecular weight excluding hydrogens is 557 g/mol. The van der Waals surface area contributed by atoms with Gasteiger partial charge in [0.25, 0.3) is 7.82 Å². The minimum Gasteiger partial charge on any atom is -0.756 e. The Kier molecular flexibility index (Phi) is 5.58. The van der Waals surface area contributed by atoms with E-state index < -0.39 is 187 Å². The van der Waals surface area contributed by atoms with Gasteiger partial charge in [0, 0.05) is 75.8 Å². The summed E-state index contributed by atoms with van der Waals surface area (Å²) in [6, 6.07) is 0. The molecule has 9 nitrogen and oxygen atoms in total. The number of hydrogen-bond donors (Lipinski definition) is 0. The second kappa shape index (κ2) is 26.4. The molecule has 0 saturated carbocycles. The molecule has 0 aromatic carbocycles. The van der Waals surface area contributed by atoms with Gasteiger partial charge in [0.15, 0.2) is 6.10 Å². The number of phosphoric ester groups is 1. The topological polar surface area (TPSA) is 111 Å². The highest BCUT2D eigenvalue weighted by Crippen LogP contribution is 2.38. The van der Waals surface area contributed by atoms with Crippen molar-refractivity contribution in [1.82, 2.24) is 0 Å². The van der Waals surface area contributed by atoms with Crippen LogP contribution in [-0.4, -0.2) is 70.0 Å². The number of esters is 2. The largest absolute Gasteiger partial charge is 0.756 e. The summed E-state index contributed by atoms with van der Waals surface area (Å²) in [5.74, 6) is -5.89. The van der Waals surface area contributed by atoms with Gasteiger partial charge in [-0.3, -0.25) is 14.2 Å². The van der Waals surface area contributed by atoms with Crippen molar-refractivity contribution in [2.45, 2.75) is 147 Å². The van der Waals surface area contributed by atoms with Crippen LogP contribution in [0.15, 0.2) is 0 Å². The van der Waals surface area contributed by atoms with Crippen LogP contribution in [-0.2, 0) is 32.7 Å². The molecule has 0 aromatic rings. The van der Waals surface area contributed by atoms with Gasteiger partial charge < -0.3 is 27.9 Å². The van der Waals surface area contributed by atoms with E-state index in [0.717, 1.165) is 0 Å². The van der Waals surface area contributed by atoms with E-state index in [1.807, 2.05) is 0 Å². The highest BCUT2D eigenvalue weighted by atomic mass is 31.2. The predicted octanol–water partition coefficient (Wildman–Crippen LogP) is 7.49. The Morgan fingerprint density at radius 3 is 1.64 bits per heavy atom. The van der Waals surface area contributed by atoms with Crippen molar-refractivity contribution in [3.8, 4) is 0 Å². The van der Waals surface area contributed by atoms with Crippen LogP contribution in [0.25, 0.3) is 0 Å². The Morgan fingerprint density at radius 2 is 1.17 bits per heavy atom. The van der Waals surface area contributed by atoms with Crippen molar-refractivity contribution < 1.29 is 105 Å². The minimum atomic E-state index is -5.79. The molecule has 0 spiro atoms. The molecule has 0 aromatic heterocycles. The Labute approximate surface area is 322 Å². The second-order valence-electron chi connectivity index (χ2n) is 7.72. The first-order chi connectivity index (χ1) is 37.3. The number of rotatable bonds is 30. The lowest BCUT2D eigenvalue weighted by Crippen LogP contribution is -2.37. The molecule has 2 atom stereocenters. The van der Waals surface area contributed by atoms with Gasteiger partial charge in [-0.05, 0) is 12.7 Å². The molecule has 42 heavy (non-hydrogen) atoms. The Hall–Kier alpha value is -0.990. The number of carbonyl (C=O) groups excluding carboxylic acids is 2. The number of phosphoric acid groups is 1. The van der Waals surface area contributed by atoms with E-state index in [2.05, 4.69) is 18.5 Å². The van der Waals surface area contributed by atoms with Gasteiger partial charge in [0.1, 0.15) is 19.8 Å². The molecule has 0 fully saturated rings. The van der Waals surface area contributed by atoms with Gasteiger partial charge in [-0.1, -0.05) is 116 Å². The maximum atomic E-state index is 13.7. The van der Waals surface area contributed by atoms with Crippen molar-refractivity contribution in [1.29, 1.82) is 0 Å². The lowest BCUT2D eigenvalue weighted by atomic mass is 10.1. The molecule has 0 aliphatic carbocycles. The van der Waals surface area contributed by atoms with Crippen LogP contribution >= 0.6 is 7.82 Å². The summed E-state index contributed by atoms with van der Waals surface area (Å²) >= 11 is 0. The fourth-order valence-electron chi connectivity index (χ4n) is 1.74. The number of hydrogen-bond acceptors (Lipinski definition) is 8. The van der Waals surface area contributed by atoms with Crippen molar-refractivity contribution >= 4 is 19.8 Å². The number of likely N-dealkylation sites (N-methyl/N-ethyl adjacent to an activating group) is 1. The van der Waals surface area contributed by atoms with E-state index in [1.165, 1.54) is 21.1 Å². The third kappa shape index (κ3) is 29.1. The smallest absolute Gasteiger partial charge is 0.306 e. The van der Waals surface area contributed by atoms with Gasteiger partial charge in [0.05, 0.1) is 27.7 Å². The lowest BCUT2D eigenvalue weighted by Gasteiger charge is -2.28. The quantitative estimate of drug-likeness (QED) is 0.0440. The molecule has 0 bridgehead atoms. The maximum absolute atomic E-state index is 13.7. The van der Waals surface area contributed by atoms with Crippen LogP contribution in [0, 0.1) is 0 Å². The Balaban J connectivity index is 7.89. The number of carbonyl (C=O) groups is 2. The Morgan fingerprint density at radius 1 is 0.714 bits per heavy atom. The average Bonchev–Trinajstić information content (AvgIpc) is 3.29. The number of quaternary nitrogens is 1. The first-order valence-electron chi connectivity index (χ1n) is 34.1. The molecule has 10 heteroatoms. The summed E-state index contributed by atoms with van der Waals surface area (Å²) < 4.78 is 403. The highest BCUT2D eigenvalue weighted by Gasteiger charge is 2.21. The van der Waals surface area contributed by atoms with Gasteiger partial charge in [0.2, 0.25) is 0 Å². The summed E-state index contributed by atoms with van der Waals surface area (Å²) in [5, 5.41) is 0. The van der Waals surface area contributed by atoms with E-state index in [1.54, 1.807) is 0 Å². The maximum Gasteiger partial charge on any atom is 0.306 e. The monoisotopic (exact) mass is 668 g/mol. The molecule has 1 unspecified atom stereocenters. The molecule has 0 N–H and O–H groups in total. The molecule has 0 saturated heterocycles. The molecular formula is C32H64NO8P. The van der Waals surface area contributed by atoms with Crippen molar-refractivity contribution in [2.24, 2.45) is 0 Å². The zero-order chi connectivity index (χ0) is 72.4. The third-order valence-electron chi connectivity index (χ3n) is 3.43. The van der Waals surface area contributed by atoms with E-state index >= 15 is 0 Å². The van der Waals surface area contributed by atoms with E-state index in [-0.39, 0.29) is 11.0 Å². The van der Waals surface area contributed by atoms with Crippen LogP contribution in [0.3, 0.4) is 0 Å². The first kappa shape index (κ1) is 8.87. The zero-order valence-electron chi connectivity index (χ0n) is 68.6. The fourth-order valence-corrected chi connectivity index (χ4v) is 2.47. The van der Waals surface area contributed by atoms with E-state index in [4.69, 9.17) is 63.1 Å². The summed E-state index contributed by atoms with van der Waals surface area (Å²) in [7, 11) is -1.26. The van der Waals surface area contributed by atoms with Crippen LogP contribution in [0.4, 0.5) is 0 Å². The SMILES string of the molecule is [2H]C([2H])([2H])C([2H])([2H])C([2H])([2H])C([2H])([2H])C([2H])([2H])C([2H])([2H])C([2H])([2H])C([2H])([2H])C([2H])([2H])C([2H])([2H])C([2H])([2H])C(=O)OC[C@H](COP(=O)([O-])OCC[N+](C)(C)C)OC(=O)C([2H])([2H])C([2H])([2H])C([2H])([2H])C([2H])([2H])C([2H])([2H])C([2H])([2H])C([2H])([2H])C([2H])([2H])C([2H])([2H])C([2H])([2H])C([2H])([2H])[2H]. The summed E-state index contributed by atoms with van der Waals surface area (Å²) in [6.45, 7) is -13.4. The van der Waals surface area contributed by atoms with Crippen molar-refractivity contribution in [3.63, 3.8) is 0 Å². The fraction of sp³-hybridized carbons (Fsp3) is 0.938. The average molecular weight is 668 g/mol. The zero-order valence-corrected chi connectivity index (χ0v) is 23.5. The molecule has 250 valence electrons. The second-order valence-corrected chi connectivity index (χ2v) is 9.13. The van der Waals surface area contributed by atoms with Gasteiger partial charge >= 0.3 is 11.9 Å². The standard InChI is InChI=1S/C32H64NO8P/c1-6-8-10-12-14-16-18-20-22-24-31(34)38-28-30(29-40-42(36,37)39-27-26-33(3,4)5)41-32(35)25-23-21-19-17-15-13-11-9-7-2/h30H,6-29H2,1-5H3/t30-/m1/s1/i1D3,2D3,6D2,7D2,8D2,9D2,10D2,11D2,12D2,13D2,14D2,15D2,16D2,17D2,18D2,19D2,20D2,21D2,22D2,23D2,24D2,25D2. The normalized spacial score (nSPS) is 37.6. The Bertz CT molecular complexity index is 2540. The molecule has 0 amide bonds. The van der Waals surface area contributed by atoms with Crippen molar-refractivity contribution in [3.05, 3.63) is 0 Å². The lowest BCUT2D eigenvalue weighted by molar-refractivity contribution is -0.870. The summed E-state index contributed by atoms with van der Waals surface area (Å²) in [6.07, 6.45) is -104. The summed E-state index contributed by atoms with van der Waals surface area (Å²) in [4.78, 5) is 40.0. The number of nitrogens with zero attached hydrogens (tertiary/aromatic N) is 1. The molecule has 0 rings (SSSR count). The van der Waals surface area contributed by atoms with Gasteiger partial charge in [-0.15, -0.1) is 0 Å². The van der Waals surface area contributed by atoms with Crippen LogP contribution in [0.5, 0.6) is 0 Å². The van der Waals surface area contributed by atoms with E-state index in [9.17, 15) is 19.0 Å².